The lowest BCUT2D eigenvalue weighted by molar-refractivity contribution is 0.668. The van der Waals surface area contributed by atoms with Crippen molar-refractivity contribution in [3.63, 3.8) is 0 Å². The predicted octanol–water partition coefficient (Wildman–Crippen LogP) is 12.3. The van der Waals surface area contributed by atoms with Crippen molar-refractivity contribution in [1.82, 2.24) is 0 Å². The zero-order chi connectivity index (χ0) is 29.7. The van der Waals surface area contributed by atoms with E-state index in [0.717, 1.165) is 72.1 Å². The quantitative estimate of drug-likeness (QED) is 0.204. The van der Waals surface area contributed by atoms with E-state index in [1.807, 2.05) is 24.3 Å². The first-order valence-corrected chi connectivity index (χ1v) is 15.2. The summed E-state index contributed by atoms with van der Waals surface area (Å²) in [4.78, 5) is 2.35. The normalized spacial score (nSPS) is 11.6. The molecule has 2 aromatic heterocycles. The summed E-state index contributed by atoms with van der Waals surface area (Å²) in [6, 6.07) is 57.4. The fourth-order valence-corrected chi connectivity index (χ4v) is 6.52. The number of hydrogen-bond acceptors (Lipinski definition) is 3. The summed E-state index contributed by atoms with van der Waals surface area (Å²) in [6.07, 6.45) is 0. The summed E-state index contributed by atoms with van der Waals surface area (Å²) in [5, 5.41) is 4.39. The van der Waals surface area contributed by atoms with Crippen LogP contribution in [0, 0.1) is 0 Å². The van der Waals surface area contributed by atoms with Crippen molar-refractivity contribution in [3.8, 4) is 22.3 Å². The average Bonchev–Trinajstić information content (AvgIpc) is 3.67. The molecule has 7 aromatic carbocycles. The first kappa shape index (κ1) is 25.4. The zero-order valence-corrected chi connectivity index (χ0v) is 24.4. The average molecular weight is 578 g/mol. The van der Waals surface area contributed by atoms with Crippen LogP contribution in [0.4, 0.5) is 17.1 Å². The maximum Gasteiger partial charge on any atom is 0.135 e. The highest BCUT2D eigenvalue weighted by Crippen LogP contribution is 2.44. The van der Waals surface area contributed by atoms with Crippen LogP contribution >= 0.6 is 0 Å². The molecular formula is C42H27NO2. The number of fused-ring (bicyclic) bond motifs is 6. The molecular weight excluding hydrogens is 550 g/mol. The van der Waals surface area contributed by atoms with Crippen molar-refractivity contribution in [2.45, 2.75) is 0 Å². The van der Waals surface area contributed by atoms with Gasteiger partial charge < -0.3 is 13.7 Å². The standard InChI is InChI=1S/C42H27NO2/c1-2-10-28(11-3-1)29-18-20-30(21-19-29)33-12-4-7-15-38(33)43(31-22-24-41-36(26-31)34-13-5-8-16-39(34)44-41)32-23-25-42-37(27-32)35-14-6-9-17-40(35)45-42/h1-27H. The van der Waals surface area contributed by atoms with Gasteiger partial charge in [-0.3, -0.25) is 0 Å². The Kier molecular flexibility index (Phi) is 5.82. The zero-order valence-electron chi connectivity index (χ0n) is 24.4. The molecule has 0 saturated carbocycles. The van der Waals surface area contributed by atoms with Gasteiger partial charge in [-0.15, -0.1) is 0 Å². The molecule has 0 atom stereocenters. The Bertz CT molecular complexity index is 2370. The number of furan rings is 2. The number of nitrogens with zero attached hydrogens (tertiary/aromatic N) is 1. The molecule has 3 heteroatoms. The van der Waals surface area contributed by atoms with E-state index >= 15 is 0 Å². The topological polar surface area (TPSA) is 29.5 Å². The van der Waals surface area contributed by atoms with Gasteiger partial charge in [0.1, 0.15) is 22.3 Å². The molecule has 0 aliphatic rings. The third-order valence-electron chi connectivity index (χ3n) is 8.68. The third kappa shape index (κ3) is 4.29. The van der Waals surface area contributed by atoms with Gasteiger partial charge >= 0.3 is 0 Å². The van der Waals surface area contributed by atoms with Crippen molar-refractivity contribution < 1.29 is 8.83 Å². The minimum Gasteiger partial charge on any atom is -0.456 e. The first-order valence-electron chi connectivity index (χ1n) is 15.2. The molecule has 0 bridgehead atoms. The van der Waals surface area contributed by atoms with Crippen molar-refractivity contribution >= 4 is 60.9 Å². The van der Waals surface area contributed by atoms with E-state index in [9.17, 15) is 0 Å². The summed E-state index contributed by atoms with van der Waals surface area (Å²) in [5.41, 5.74) is 11.4. The Morgan fingerprint density at radius 2 is 0.800 bits per heavy atom. The van der Waals surface area contributed by atoms with E-state index < -0.39 is 0 Å². The highest BCUT2D eigenvalue weighted by atomic mass is 16.3. The van der Waals surface area contributed by atoms with Crippen LogP contribution in [0.3, 0.4) is 0 Å². The summed E-state index contributed by atoms with van der Waals surface area (Å²) < 4.78 is 12.4. The second kappa shape index (κ2) is 10.3. The van der Waals surface area contributed by atoms with E-state index in [-0.39, 0.29) is 0 Å². The van der Waals surface area contributed by atoms with Crippen LogP contribution in [0.5, 0.6) is 0 Å². The Labute approximate surface area is 260 Å². The summed E-state index contributed by atoms with van der Waals surface area (Å²) in [7, 11) is 0. The van der Waals surface area contributed by atoms with Crippen LogP contribution in [-0.4, -0.2) is 0 Å². The van der Waals surface area contributed by atoms with E-state index in [4.69, 9.17) is 8.83 Å². The molecule has 0 radical (unpaired) electrons. The minimum atomic E-state index is 0.876. The molecule has 2 heterocycles. The molecule has 9 rings (SSSR count). The molecule has 0 aliphatic carbocycles. The van der Waals surface area contributed by atoms with Crippen molar-refractivity contribution in [2.75, 3.05) is 4.90 Å². The van der Waals surface area contributed by atoms with Crippen molar-refractivity contribution in [2.24, 2.45) is 0 Å². The van der Waals surface area contributed by atoms with Crippen molar-refractivity contribution in [3.05, 3.63) is 164 Å². The highest BCUT2D eigenvalue weighted by molar-refractivity contribution is 6.08. The molecule has 0 unspecified atom stereocenters. The largest absolute Gasteiger partial charge is 0.456 e. The van der Waals surface area contributed by atoms with Gasteiger partial charge in [0.2, 0.25) is 0 Å². The van der Waals surface area contributed by atoms with Gasteiger partial charge in [0.15, 0.2) is 0 Å². The number of anilines is 3. The van der Waals surface area contributed by atoms with Gasteiger partial charge in [0.05, 0.1) is 5.69 Å². The summed E-state index contributed by atoms with van der Waals surface area (Å²) >= 11 is 0. The SMILES string of the molecule is c1ccc(-c2ccc(-c3ccccc3N(c3ccc4oc5ccccc5c4c3)c3ccc4oc5ccccc5c4c3)cc2)cc1. The number of rotatable bonds is 5. The molecule has 3 nitrogen and oxygen atoms in total. The monoisotopic (exact) mass is 577 g/mol. The van der Waals surface area contributed by atoms with Crippen LogP contribution in [0.2, 0.25) is 0 Å². The maximum absolute atomic E-state index is 6.20. The molecule has 0 saturated heterocycles. The lowest BCUT2D eigenvalue weighted by Gasteiger charge is -2.28. The smallest absolute Gasteiger partial charge is 0.135 e. The van der Waals surface area contributed by atoms with Gasteiger partial charge in [0.25, 0.3) is 0 Å². The fraction of sp³-hybridized carbons (Fsp3) is 0. The van der Waals surface area contributed by atoms with Gasteiger partial charge in [-0.2, -0.15) is 0 Å². The summed E-state index contributed by atoms with van der Waals surface area (Å²) in [5.74, 6) is 0. The molecule has 0 N–H and O–H groups in total. The molecule has 9 aromatic rings. The van der Waals surface area contributed by atoms with Gasteiger partial charge in [-0.1, -0.05) is 109 Å². The maximum atomic E-state index is 6.20. The second-order valence-electron chi connectivity index (χ2n) is 11.4. The van der Waals surface area contributed by atoms with Gasteiger partial charge in [0, 0.05) is 38.5 Å². The van der Waals surface area contributed by atoms with E-state index in [1.54, 1.807) is 0 Å². The molecule has 45 heavy (non-hydrogen) atoms. The van der Waals surface area contributed by atoms with E-state index in [1.165, 1.54) is 11.1 Å². The highest BCUT2D eigenvalue weighted by Gasteiger charge is 2.20. The van der Waals surface area contributed by atoms with Crippen LogP contribution < -0.4 is 4.90 Å². The minimum absolute atomic E-state index is 0.876. The molecule has 212 valence electrons. The Hall–Kier alpha value is -6.06. The lowest BCUT2D eigenvalue weighted by atomic mass is 9.98. The molecule has 0 spiro atoms. The van der Waals surface area contributed by atoms with Crippen LogP contribution in [0.25, 0.3) is 66.1 Å². The second-order valence-corrected chi connectivity index (χ2v) is 11.4. The Morgan fingerprint density at radius 3 is 1.42 bits per heavy atom. The molecule has 0 fully saturated rings. The van der Waals surface area contributed by atoms with Gasteiger partial charge in [-0.25, -0.2) is 0 Å². The van der Waals surface area contributed by atoms with E-state index in [0.29, 0.717) is 0 Å². The van der Waals surface area contributed by atoms with Crippen LogP contribution in [-0.2, 0) is 0 Å². The van der Waals surface area contributed by atoms with E-state index in [2.05, 4.69) is 144 Å². The summed E-state index contributed by atoms with van der Waals surface area (Å²) in [6.45, 7) is 0. The lowest BCUT2D eigenvalue weighted by Crippen LogP contribution is -2.11. The molecule has 0 aliphatic heterocycles. The van der Waals surface area contributed by atoms with Crippen molar-refractivity contribution in [1.29, 1.82) is 0 Å². The Balaban J connectivity index is 1.26. The van der Waals surface area contributed by atoms with Crippen LogP contribution in [0.1, 0.15) is 0 Å². The molecule has 0 amide bonds. The number of benzene rings is 7. The van der Waals surface area contributed by atoms with Crippen LogP contribution in [0.15, 0.2) is 173 Å². The fourth-order valence-electron chi connectivity index (χ4n) is 6.52. The Morgan fingerprint density at radius 1 is 0.333 bits per heavy atom. The van der Waals surface area contributed by atoms with Gasteiger partial charge in [-0.05, 0) is 71.3 Å². The predicted molar refractivity (Wildman–Crippen MR) is 187 cm³/mol. The third-order valence-corrected chi connectivity index (χ3v) is 8.68. The first-order chi connectivity index (χ1) is 22.3. The number of para-hydroxylation sites is 3. The number of hydrogen-bond donors (Lipinski definition) is 0.